The van der Waals surface area contributed by atoms with Crippen molar-refractivity contribution in [2.24, 2.45) is 0 Å². The minimum atomic E-state index is -1.49. The molecule has 0 aliphatic rings. The summed E-state index contributed by atoms with van der Waals surface area (Å²) in [5, 5.41) is 0. The molecule has 0 aromatic heterocycles. The lowest BCUT2D eigenvalue weighted by Crippen LogP contribution is -2.70. The molecule has 5 heteroatoms. The quantitative estimate of drug-likeness (QED) is 0.556. The van der Waals surface area contributed by atoms with E-state index >= 15 is 0 Å². The van der Waals surface area contributed by atoms with Crippen LogP contribution in [0.5, 0.6) is 0 Å². The minimum Gasteiger partial charge on any atom is -0.389 e. The van der Waals surface area contributed by atoms with E-state index in [2.05, 4.69) is 65.8 Å². The van der Waals surface area contributed by atoms with Gasteiger partial charge in [-0.15, -0.1) is 0 Å². The third-order valence-electron chi connectivity index (χ3n) is 4.55. The second-order valence-corrected chi connectivity index (χ2v) is 29.9. The summed E-state index contributed by atoms with van der Waals surface area (Å²) < 4.78 is 13.7. The summed E-state index contributed by atoms with van der Waals surface area (Å²) >= 11 is 0. The highest BCUT2D eigenvalue weighted by Crippen LogP contribution is 2.54. The van der Waals surface area contributed by atoms with Crippen LogP contribution in [0.25, 0.3) is 0 Å². The molecular weight excluding hydrogens is 296 g/mol. The predicted molar refractivity (Wildman–Crippen MR) is 98.9 cm³/mol. The van der Waals surface area contributed by atoms with E-state index in [0.29, 0.717) is 0 Å². The van der Waals surface area contributed by atoms with Gasteiger partial charge in [-0.1, -0.05) is 78.7 Å². The third kappa shape index (κ3) is 3.66. The lowest BCUT2D eigenvalue weighted by Gasteiger charge is -2.57. The van der Waals surface area contributed by atoms with E-state index in [4.69, 9.17) is 0 Å². The van der Waals surface area contributed by atoms with Gasteiger partial charge >= 0.3 is 0 Å². The van der Waals surface area contributed by atoms with Gasteiger partial charge in [0.1, 0.15) is 0 Å². The highest BCUT2D eigenvalue weighted by Gasteiger charge is 2.64. The monoisotopic (exact) mass is 332 g/mol. The van der Waals surface area contributed by atoms with Gasteiger partial charge in [-0.05, 0) is 9.95 Å². The Bertz CT molecular complexity index is 282. The van der Waals surface area contributed by atoms with E-state index < -0.39 is 32.9 Å². The Hall–Kier alpha value is 0.668. The molecule has 0 fully saturated rings. The van der Waals surface area contributed by atoms with Crippen molar-refractivity contribution in [1.29, 1.82) is 0 Å². The van der Waals surface area contributed by atoms with Crippen LogP contribution in [0.2, 0.25) is 68.9 Å². The maximum atomic E-state index is 13.5. The standard InChI is InChI=1S/C14H36OSi4/c1-11-12-13-16(15)14(17(2,3)4,18(5,6)7)19(8,9)10/h11-13H2,1-10H3. The first-order chi connectivity index (χ1) is 8.23. The molecule has 19 heavy (non-hydrogen) atoms. The Morgan fingerprint density at radius 1 is 0.789 bits per heavy atom. The molecule has 0 rings (SSSR count). The largest absolute Gasteiger partial charge is 0.389 e. The molecule has 0 atom stereocenters. The van der Waals surface area contributed by atoms with Gasteiger partial charge in [0.2, 0.25) is 0 Å². The van der Waals surface area contributed by atoms with Crippen molar-refractivity contribution in [2.45, 2.75) is 88.6 Å². The predicted octanol–water partition coefficient (Wildman–Crippen LogP) is 5.58. The summed E-state index contributed by atoms with van der Waals surface area (Å²) in [7, 11) is -5.88. The van der Waals surface area contributed by atoms with Crippen LogP contribution in [0.1, 0.15) is 19.8 Å². The van der Waals surface area contributed by atoms with Gasteiger partial charge in [-0.2, -0.15) is 0 Å². The fraction of sp³-hybridized carbons (Fsp3) is 1.00. The SMILES string of the molecule is CCCC[Si](=O)C([Si](C)(C)C)([Si](C)(C)C)[Si](C)(C)C. The minimum absolute atomic E-state index is 0.285. The van der Waals surface area contributed by atoms with Gasteiger partial charge in [-0.25, -0.2) is 0 Å². The normalized spacial score (nSPS) is 14.6. The van der Waals surface area contributed by atoms with Crippen LogP contribution in [0.4, 0.5) is 0 Å². The lowest BCUT2D eigenvalue weighted by atomic mass is 10.4. The highest BCUT2D eigenvalue weighted by atomic mass is 28.5. The van der Waals surface area contributed by atoms with Crippen molar-refractivity contribution in [3.05, 3.63) is 0 Å². The van der Waals surface area contributed by atoms with Crippen molar-refractivity contribution in [3.8, 4) is 0 Å². The highest BCUT2D eigenvalue weighted by molar-refractivity contribution is 7.24. The van der Waals surface area contributed by atoms with Crippen molar-refractivity contribution >= 4 is 32.9 Å². The first kappa shape index (κ1) is 19.7. The fourth-order valence-corrected chi connectivity index (χ4v) is 44.4. The van der Waals surface area contributed by atoms with Gasteiger partial charge < -0.3 is 4.46 Å². The summed E-state index contributed by atoms with van der Waals surface area (Å²) in [5.74, 6) is 0. The molecule has 0 bridgehead atoms. The van der Waals surface area contributed by atoms with Crippen LogP contribution < -0.4 is 0 Å². The maximum absolute atomic E-state index is 13.5. The number of hydrogen-bond acceptors (Lipinski definition) is 1. The van der Waals surface area contributed by atoms with E-state index in [1.54, 1.807) is 0 Å². The molecule has 0 radical (unpaired) electrons. The molecule has 0 saturated carbocycles. The summed E-state index contributed by atoms with van der Waals surface area (Å²) in [5.41, 5.74) is 0. The van der Waals surface area contributed by atoms with E-state index in [9.17, 15) is 4.46 Å². The molecule has 0 unspecified atom stereocenters. The van der Waals surface area contributed by atoms with Crippen molar-refractivity contribution < 1.29 is 4.46 Å². The first-order valence-corrected chi connectivity index (χ1v) is 19.9. The number of unbranched alkanes of at least 4 members (excludes halogenated alkanes) is 1. The van der Waals surface area contributed by atoms with Crippen LogP contribution in [0.3, 0.4) is 0 Å². The second-order valence-electron chi connectivity index (χ2n) is 9.03. The molecule has 0 amide bonds. The van der Waals surface area contributed by atoms with Crippen LogP contribution in [0, 0.1) is 0 Å². The van der Waals surface area contributed by atoms with Crippen molar-refractivity contribution in [3.63, 3.8) is 0 Å². The van der Waals surface area contributed by atoms with Crippen LogP contribution in [-0.2, 0) is 4.46 Å². The van der Waals surface area contributed by atoms with E-state index in [-0.39, 0.29) is 3.91 Å². The summed E-state index contributed by atoms with van der Waals surface area (Å²) in [6, 6.07) is 1.000. The molecule has 0 N–H and O–H groups in total. The molecule has 0 spiro atoms. The van der Waals surface area contributed by atoms with E-state index in [1.165, 1.54) is 6.42 Å². The molecule has 0 aliphatic heterocycles. The molecule has 0 aromatic carbocycles. The van der Waals surface area contributed by atoms with Crippen LogP contribution >= 0.6 is 0 Å². The number of hydrogen-bond donors (Lipinski definition) is 0. The lowest BCUT2D eigenvalue weighted by molar-refractivity contribution is 0.553. The third-order valence-corrected chi connectivity index (χ3v) is 35.7. The van der Waals surface area contributed by atoms with E-state index in [0.717, 1.165) is 12.5 Å². The van der Waals surface area contributed by atoms with Crippen LogP contribution in [-0.4, -0.2) is 32.9 Å². The average molecular weight is 333 g/mol. The Morgan fingerprint density at radius 3 is 1.32 bits per heavy atom. The van der Waals surface area contributed by atoms with Gasteiger partial charge in [-0.3, -0.25) is 0 Å². The zero-order valence-electron chi connectivity index (χ0n) is 15.0. The van der Waals surface area contributed by atoms with Crippen molar-refractivity contribution in [1.82, 2.24) is 0 Å². The second kappa shape index (κ2) is 6.20. The zero-order valence-corrected chi connectivity index (χ0v) is 19.0. The smallest absolute Gasteiger partial charge is 0.274 e. The topological polar surface area (TPSA) is 17.1 Å². The Morgan fingerprint density at radius 2 is 1.11 bits per heavy atom. The maximum Gasteiger partial charge on any atom is 0.274 e. The van der Waals surface area contributed by atoms with Gasteiger partial charge in [0.05, 0.1) is 0 Å². The molecule has 0 saturated heterocycles. The molecule has 0 heterocycles. The Labute approximate surface area is 126 Å². The molecule has 0 aromatic rings. The number of rotatable bonds is 7. The molecular formula is C14H36OSi4. The van der Waals surface area contributed by atoms with Gasteiger partial charge in [0.15, 0.2) is 0 Å². The van der Waals surface area contributed by atoms with Gasteiger partial charge in [0.25, 0.3) is 8.68 Å². The molecule has 1 nitrogen and oxygen atoms in total. The summed E-state index contributed by atoms with van der Waals surface area (Å²) in [6.45, 7) is 24.6. The average Bonchev–Trinajstić information content (AvgIpc) is 2.07. The molecule has 0 aliphatic carbocycles. The van der Waals surface area contributed by atoms with Crippen molar-refractivity contribution in [2.75, 3.05) is 0 Å². The van der Waals surface area contributed by atoms with Crippen LogP contribution in [0.15, 0.2) is 0 Å². The first-order valence-electron chi connectivity index (χ1n) is 7.76. The van der Waals surface area contributed by atoms with Gasteiger partial charge in [0, 0.05) is 24.2 Å². The summed E-state index contributed by atoms with van der Waals surface area (Å²) in [6.07, 6.45) is 2.33. The Balaban J connectivity index is 6.04. The van der Waals surface area contributed by atoms with E-state index in [1.807, 2.05) is 0 Å². The zero-order chi connectivity index (χ0) is 15.7. The summed E-state index contributed by atoms with van der Waals surface area (Å²) in [4.78, 5) is 0. The molecule has 114 valence electrons. The Kier molecular flexibility index (Phi) is 6.41. The fourth-order valence-electron chi connectivity index (χ4n) is 5.15.